The number of allylic oxidation sites excluding steroid dienone is 2. The van der Waals surface area contributed by atoms with Crippen LogP contribution in [0.25, 0.3) is 5.57 Å². The number of hydrogen-bond donors (Lipinski definition) is 1. The second-order valence-electron chi connectivity index (χ2n) is 8.68. The molecule has 2 aliphatic rings. The molecule has 2 aliphatic carbocycles. The summed E-state index contributed by atoms with van der Waals surface area (Å²) in [7, 11) is 0. The standard InChI is InChI=1S/C17H23NS.C6H11O.Na/c1-4-11(2)16-14-7-5-6-8-15(14)19-17(16)18-12(3)13-9-10-13;1-6(2,3)4-5-7;/h13,18H,2-10H2,1H3;4H2,1-3H3;/q;-1;+1. The summed E-state index contributed by atoms with van der Waals surface area (Å²) in [6, 6.07) is 0. The van der Waals surface area contributed by atoms with Crippen LogP contribution in [-0.4, -0.2) is 6.29 Å². The number of carbonyl (C=O) groups excluding carboxylic acids is 1. The summed E-state index contributed by atoms with van der Waals surface area (Å²) in [4.78, 5) is 11.3. The molecule has 0 unspecified atom stereocenters. The maximum Gasteiger partial charge on any atom is 1.00 e. The molecule has 0 radical (unpaired) electrons. The Labute approximate surface area is 192 Å². The Kier molecular flexibility index (Phi) is 10.1. The summed E-state index contributed by atoms with van der Waals surface area (Å²) in [5.41, 5.74) is 5.62. The van der Waals surface area contributed by atoms with Gasteiger partial charge in [-0.25, -0.2) is 0 Å². The van der Waals surface area contributed by atoms with Crippen molar-refractivity contribution in [1.82, 2.24) is 0 Å². The van der Waals surface area contributed by atoms with Crippen LogP contribution in [0, 0.1) is 11.3 Å². The summed E-state index contributed by atoms with van der Waals surface area (Å²) >= 11 is 1.95. The molecule has 27 heavy (non-hydrogen) atoms. The number of aryl methyl sites for hydroxylation is 1. The third-order valence-corrected chi connectivity index (χ3v) is 6.11. The average molecular weight is 396 g/mol. The van der Waals surface area contributed by atoms with E-state index in [1.165, 1.54) is 60.4 Å². The van der Waals surface area contributed by atoms with E-state index < -0.39 is 0 Å². The van der Waals surface area contributed by atoms with Crippen molar-refractivity contribution >= 4 is 28.2 Å². The zero-order valence-corrected chi connectivity index (χ0v) is 20.8. The number of rotatable bonds is 6. The normalized spacial score (nSPS) is 15.6. The first-order valence-corrected chi connectivity index (χ1v) is 10.7. The van der Waals surface area contributed by atoms with Crippen molar-refractivity contribution in [3.8, 4) is 0 Å². The van der Waals surface area contributed by atoms with Gasteiger partial charge in [0.05, 0.1) is 0 Å². The molecule has 0 spiro atoms. The van der Waals surface area contributed by atoms with Crippen LogP contribution >= 0.6 is 11.3 Å². The van der Waals surface area contributed by atoms with Crippen LogP contribution in [0.3, 0.4) is 0 Å². The van der Waals surface area contributed by atoms with Crippen LogP contribution in [0.4, 0.5) is 5.00 Å². The first-order chi connectivity index (χ1) is 12.3. The average Bonchev–Trinajstić information content (AvgIpc) is 3.35. The van der Waals surface area contributed by atoms with Crippen molar-refractivity contribution < 1.29 is 34.4 Å². The van der Waals surface area contributed by atoms with E-state index in [1.807, 2.05) is 38.4 Å². The Balaban J connectivity index is 0.000000395. The SMILES string of the molecule is C=C(CC)c1c(NC(=C)C2CC2)sc2c1CCCC2.CC(C)(C)C[C-]=O.[Na+]. The van der Waals surface area contributed by atoms with Crippen molar-refractivity contribution in [1.29, 1.82) is 0 Å². The number of fused-ring (bicyclic) bond motifs is 1. The molecule has 0 aliphatic heterocycles. The predicted octanol–water partition coefficient (Wildman–Crippen LogP) is 3.92. The minimum atomic E-state index is 0. The first-order valence-electron chi connectivity index (χ1n) is 9.90. The van der Waals surface area contributed by atoms with Gasteiger partial charge in [0.15, 0.2) is 0 Å². The van der Waals surface area contributed by atoms with Crippen molar-refractivity contribution in [3.63, 3.8) is 0 Å². The van der Waals surface area contributed by atoms with Gasteiger partial charge in [-0.15, -0.1) is 17.8 Å². The molecule has 0 aromatic carbocycles. The molecule has 1 fully saturated rings. The molecule has 144 valence electrons. The van der Waals surface area contributed by atoms with E-state index in [9.17, 15) is 4.79 Å². The van der Waals surface area contributed by atoms with Crippen LogP contribution in [0.15, 0.2) is 18.9 Å². The molecule has 0 bridgehead atoms. The summed E-state index contributed by atoms with van der Waals surface area (Å²) in [5, 5.41) is 4.92. The van der Waals surface area contributed by atoms with Gasteiger partial charge in [0.1, 0.15) is 5.00 Å². The minimum absolute atomic E-state index is 0. The Morgan fingerprint density at radius 2 is 1.85 bits per heavy atom. The van der Waals surface area contributed by atoms with Gasteiger partial charge in [-0.05, 0) is 62.0 Å². The molecular formula is C23H34NNaOS. The molecule has 0 saturated heterocycles. The van der Waals surface area contributed by atoms with Crippen molar-refractivity contribution in [2.75, 3.05) is 5.32 Å². The van der Waals surface area contributed by atoms with Gasteiger partial charge in [-0.2, -0.15) is 0 Å². The Morgan fingerprint density at radius 1 is 1.22 bits per heavy atom. The predicted molar refractivity (Wildman–Crippen MR) is 116 cm³/mol. The summed E-state index contributed by atoms with van der Waals surface area (Å²) in [6.07, 6.45) is 11.2. The van der Waals surface area contributed by atoms with Gasteiger partial charge < -0.3 is 10.1 Å². The number of anilines is 1. The Hall–Kier alpha value is -0.350. The second kappa shape index (κ2) is 11.0. The fourth-order valence-electron chi connectivity index (χ4n) is 3.10. The van der Waals surface area contributed by atoms with Crippen molar-refractivity contribution in [3.05, 3.63) is 34.9 Å². The van der Waals surface area contributed by atoms with E-state index in [0.29, 0.717) is 12.3 Å². The third-order valence-electron chi connectivity index (χ3n) is 4.90. The van der Waals surface area contributed by atoms with E-state index >= 15 is 0 Å². The van der Waals surface area contributed by atoms with Gasteiger partial charge in [0.25, 0.3) is 0 Å². The number of hydrogen-bond acceptors (Lipinski definition) is 3. The smallest absolute Gasteiger partial charge is 0.542 e. The van der Waals surface area contributed by atoms with Crippen LogP contribution in [0.5, 0.6) is 0 Å². The van der Waals surface area contributed by atoms with Crippen LogP contribution in [0.2, 0.25) is 0 Å². The van der Waals surface area contributed by atoms with Crippen molar-refractivity contribution in [2.45, 2.75) is 79.1 Å². The van der Waals surface area contributed by atoms with Gasteiger partial charge >= 0.3 is 29.6 Å². The molecule has 1 saturated carbocycles. The van der Waals surface area contributed by atoms with Crippen LogP contribution < -0.4 is 34.9 Å². The fourth-order valence-corrected chi connectivity index (χ4v) is 4.47. The molecule has 1 aromatic rings. The van der Waals surface area contributed by atoms with E-state index in [2.05, 4.69) is 25.4 Å². The Morgan fingerprint density at radius 3 is 2.33 bits per heavy atom. The number of nitrogens with one attached hydrogen (secondary N) is 1. The molecule has 1 N–H and O–H groups in total. The summed E-state index contributed by atoms with van der Waals surface area (Å²) < 4.78 is 0. The van der Waals surface area contributed by atoms with Gasteiger partial charge in [-0.3, -0.25) is 6.29 Å². The second-order valence-corrected chi connectivity index (χ2v) is 9.78. The van der Waals surface area contributed by atoms with E-state index in [0.717, 1.165) is 6.42 Å². The maximum absolute atomic E-state index is 9.70. The zero-order chi connectivity index (χ0) is 19.3. The Bertz CT molecular complexity index is 665. The topological polar surface area (TPSA) is 29.1 Å². The molecule has 1 heterocycles. The largest absolute Gasteiger partial charge is 1.00 e. The first kappa shape index (κ1) is 24.7. The quantitative estimate of drug-likeness (QED) is 0.584. The van der Waals surface area contributed by atoms with Crippen LogP contribution in [0.1, 0.15) is 82.2 Å². The molecule has 3 rings (SSSR count). The van der Waals surface area contributed by atoms with Gasteiger partial charge in [0, 0.05) is 16.1 Å². The van der Waals surface area contributed by atoms with Crippen molar-refractivity contribution in [2.24, 2.45) is 11.3 Å². The third kappa shape index (κ3) is 7.53. The number of thiophene rings is 1. The van der Waals surface area contributed by atoms with E-state index in [1.54, 1.807) is 10.4 Å². The summed E-state index contributed by atoms with van der Waals surface area (Å²) in [6.45, 7) is 16.7. The molecule has 1 aromatic heterocycles. The molecule has 2 nitrogen and oxygen atoms in total. The van der Waals surface area contributed by atoms with E-state index in [4.69, 9.17) is 0 Å². The minimum Gasteiger partial charge on any atom is -0.542 e. The van der Waals surface area contributed by atoms with E-state index in [-0.39, 0.29) is 35.0 Å². The molecule has 4 heteroatoms. The van der Waals surface area contributed by atoms with Gasteiger partial charge in [-0.1, -0.05) is 46.3 Å². The fraction of sp³-hybridized carbons (Fsp3) is 0.609. The molecular weight excluding hydrogens is 361 g/mol. The molecule has 0 amide bonds. The van der Waals surface area contributed by atoms with Gasteiger partial charge in [0.2, 0.25) is 0 Å². The maximum atomic E-state index is 9.70. The monoisotopic (exact) mass is 395 g/mol. The molecule has 0 atom stereocenters. The zero-order valence-electron chi connectivity index (χ0n) is 18.0. The van der Waals surface area contributed by atoms with Crippen LogP contribution in [-0.2, 0) is 17.6 Å². The summed E-state index contributed by atoms with van der Waals surface area (Å²) in [5.74, 6) is 0.710.